The van der Waals surface area contributed by atoms with E-state index in [2.05, 4.69) is 10.3 Å². The highest BCUT2D eigenvalue weighted by Crippen LogP contribution is 2.26. The first kappa shape index (κ1) is 16.1. The molecule has 4 heteroatoms. The van der Waals surface area contributed by atoms with Crippen LogP contribution in [0.1, 0.15) is 18.4 Å². The molecule has 0 spiro atoms. The third-order valence-corrected chi connectivity index (χ3v) is 4.37. The van der Waals surface area contributed by atoms with E-state index in [1.807, 2.05) is 85.8 Å². The van der Waals surface area contributed by atoms with Crippen molar-refractivity contribution in [2.75, 3.05) is 5.32 Å². The molecule has 0 saturated carbocycles. The van der Waals surface area contributed by atoms with Crippen molar-refractivity contribution in [2.45, 2.75) is 12.8 Å². The van der Waals surface area contributed by atoms with Gasteiger partial charge in [-0.2, -0.15) is 0 Å². The molecule has 0 aliphatic carbocycles. The number of benzene rings is 3. The fraction of sp³-hybridized carbons (Fsp3) is 0.0909. The van der Waals surface area contributed by atoms with Gasteiger partial charge in [-0.1, -0.05) is 48.5 Å². The van der Waals surface area contributed by atoms with E-state index in [4.69, 9.17) is 4.42 Å². The number of nitrogens with zero attached hydrogens (tertiary/aromatic N) is 1. The van der Waals surface area contributed by atoms with Gasteiger partial charge in [0.2, 0.25) is 11.8 Å². The number of carbonyl (C=O) groups excluding carboxylic acids is 1. The van der Waals surface area contributed by atoms with Crippen LogP contribution in [0.4, 0.5) is 5.69 Å². The second-order valence-electron chi connectivity index (χ2n) is 6.19. The zero-order chi connectivity index (χ0) is 17.9. The van der Waals surface area contributed by atoms with Gasteiger partial charge in [-0.25, -0.2) is 4.98 Å². The summed E-state index contributed by atoms with van der Waals surface area (Å²) in [5.41, 5.74) is 4.02. The van der Waals surface area contributed by atoms with Crippen LogP contribution in [0, 0.1) is 0 Å². The lowest BCUT2D eigenvalue weighted by Crippen LogP contribution is -2.18. The van der Waals surface area contributed by atoms with Gasteiger partial charge in [0.15, 0.2) is 5.58 Å². The monoisotopic (exact) mass is 342 g/mol. The molecule has 1 heterocycles. The van der Waals surface area contributed by atoms with Crippen LogP contribution < -0.4 is 5.32 Å². The lowest BCUT2D eigenvalue weighted by Gasteiger charge is -2.12. The molecule has 4 rings (SSSR count). The molecular weight excluding hydrogens is 324 g/mol. The maximum Gasteiger partial charge on any atom is 0.231 e. The Labute approximate surface area is 151 Å². The van der Waals surface area contributed by atoms with Crippen molar-refractivity contribution in [3.05, 3.63) is 84.4 Å². The molecule has 0 unspecified atom stereocenters. The van der Waals surface area contributed by atoms with Gasteiger partial charge in [-0.15, -0.1) is 0 Å². The fourth-order valence-corrected chi connectivity index (χ4v) is 2.85. The van der Waals surface area contributed by atoms with Crippen molar-refractivity contribution in [1.82, 2.24) is 4.98 Å². The van der Waals surface area contributed by atoms with Gasteiger partial charge >= 0.3 is 0 Å². The normalized spacial score (nSPS) is 12.0. The molecule has 4 aromatic rings. The standard InChI is InChI=1S/C22H18N2O2/c1-15(16-8-4-2-5-9-16)21(25)23-18-12-13-20-19(14-18)24-22(26-20)17-10-6-3-7-11-17/h2-15H,1H3,(H,23,25)/t15-/m0/s1. The maximum atomic E-state index is 12.5. The zero-order valence-corrected chi connectivity index (χ0v) is 14.3. The first-order valence-corrected chi connectivity index (χ1v) is 8.52. The minimum Gasteiger partial charge on any atom is -0.436 e. The van der Waals surface area contributed by atoms with E-state index in [0.29, 0.717) is 22.7 Å². The van der Waals surface area contributed by atoms with E-state index in [0.717, 1.165) is 11.1 Å². The molecule has 128 valence electrons. The largest absolute Gasteiger partial charge is 0.436 e. The Kier molecular flexibility index (Phi) is 4.23. The number of hydrogen-bond acceptors (Lipinski definition) is 3. The molecule has 4 nitrogen and oxygen atoms in total. The lowest BCUT2D eigenvalue weighted by molar-refractivity contribution is -0.117. The average Bonchev–Trinajstić information content (AvgIpc) is 3.12. The second kappa shape index (κ2) is 6.84. The van der Waals surface area contributed by atoms with Gasteiger partial charge in [0.05, 0.1) is 5.92 Å². The Morgan fingerprint density at radius 3 is 2.38 bits per heavy atom. The predicted molar refractivity (Wildman–Crippen MR) is 103 cm³/mol. The molecule has 0 saturated heterocycles. The topological polar surface area (TPSA) is 55.1 Å². The van der Waals surface area contributed by atoms with Gasteiger partial charge in [0.1, 0.15) is 5.52 Å². The van der Waals surface area contributed by atoms with Crippen LogP contribution in [0.3, 0.4) is 0 Å². The number of carbonyl (C=O) groups is 1. The average molecular weight is 342 g/mol. The highest BCUT2D eigenvalue weighted by Gasteiger charge is 2.16. The molecule has 0 bridgehead atoms. The van der Waals surface area contributed by atoms with Crippen LogP contribution in [0.2, 0.25) is 0 Å². The van der Waals surface area contributed by atoms with Gasteiger partial charge in [0, 0.05) is 11.3 Å². The molecule has 3 aromatic carbocycles. The third-order valence-electron chi connectivity index (χ3n) is 4.37. The quantitative estimate of drug-likeness (QED) is 0.552. The summed E-state index contributed by atoms with van der Waals surface area (Å²) in [6, 6.07) is 25.0. The molecule has 26 heavy (non-hydrogen) atoms. The molecule has 0 radical (unpaired) electrons. The number of amides is 1. The summed E-state index contributed by atoms with van der Waals surface area (Å²) < 4.78 is 5.81. The number of nitrogens with one attached hydrogen (secondary N) is 1. The maximum absolute atomic E-state index is 12.5. The first-order chi connectivity index (χ1) is 12.7. The van der Waals surface area contributed by atoms with E-state index >= 15 is 0 Å². The molecule has 0 fully saturated rings. The summed E-state index contributed by atoms with van der Waals surface area (Å²) in [5.74, 6) is 0.285. The Hall–Kier alpha value is -3.40. The van der Waals surface area contributed by atoms with E-state index < -0.39 is 0 Å². The number of anilines is 1. The Morgan fingerprint density at radius 1 is 0.962 bits per heavy atom. The van der Waals surface area contributed by atoms with Crippen molar-refractivity contribution in [3.8, 4) is 11.5 Å². The Balaban J connectivity index is 1.57. The van der Waals surface area contributed by atoms with Crippen LogP contribution in [0.25, 0.3) is 22.6 Å². The predicted octanol–water partition coefficient (Wildman–Crippen LogP) is 5.24. The van der Waals surface area contributed by atoms with Gasteiger partial charge < -0.3 is 9.73 Å². The summed E-state index contributed by atoms with van der Waals surface area (Å²) >= 11 is 0. The smallest absolute Gasteiger partial charge is 0.231 e. The Morgan fingerprint density at radius 2 is 1.65 bits per heavy atom. The minimum atomic E-state index is -0.232. The second-order valence-corrected chi connectivity index (χ2v) is 6.19. The van der Waals surface area contributed by atoms with Crippen LogP contribution in [-0.2, 0) is 4.79 Å². The van der Waals surface area contributed by atoms with Crippen LogP contribution in [-0.4, -0.2) is 10.9 Å². The molecule has 1 aromatic heterocycles. The number of oxazole rings is 1. The SMILES string of the molecule is C[C@H](C(=O)Nc1ccc2oc(-c3ccccc3)nc2c1)c1ccccc1. The lowest BCUT2D eigenvalue weighted by atomic mass is 10.0. The molecular formula is C22H18N2O2. The van der Waals surface area contributed by atoms with Crippen LogP contribution >= 0.6 is 0 Å². The van der Waals surface area contributed by atoms with Crippen LogP contribution in [0.15, 0.2) is 83.3 Å². The van der Waals surface area contributed by atoms with Crippen LogP contribution in [0.5, 0.6) is 0 Å². The van der Waals surface area contributed by atoms with Gasteiger partial charge in [-0.05, 0) is 42.8 Å². The number of aromatic nitrogens is 1. The summed E-state index contributed by atoms with van der Waals surface area (Å²) in [6.45, 7) is 1.90. The van der Waals surface area contributed by atoms with E-state index in [-0.39, 0.29) is 11.8 Å². The molecule has 0 aliphatic rings. The summed E-state index contributed by atoms with van der Waals surface area (Å²) in [4.78, 5) is 17.1. The van der Waals surface area contributed by atoms with E-state index in [9.17, 15) is 4.79 Å². The van der Waals surface area contributed by atoms with Crippen molar-refractivity contribution in [1.29, 1.82) is 0 Å². The van der Waals surface area contributed by atoms with Crippen molar-refractivity contribution in [3.63, 3.8) is 0 Å². The first-order valence-electron chi connectivity index (χ1n) is 8.52. The molecule has 1 N–H and O–H groups in total. The summed E-state index contributed by atoms with van der Waals surface area (Å²) in [5, 5.41) is 2.96. The minimum absolute atomic E-state index is 0.0534. The molecule has 1 amide bonds. The van der Waals surface area contributed by atoms with Crippen molar-refractivity contribution >= 4 is 22.7 Å². The summed E-state index contributed by atoms with van der Waals surface area (Å²) in [6.07, 6.45) is 0. The third kappa shape index (κ3) is 3.22. The highest BCUT2D eigenvalue weighted by molar-refractivity contribution is 5.97. The highest BCUT2D eigenvalue weighted by atomic mass is 16.3. The van der Waals surface area contributed by atoms with E-state index in [1.165, 1.54) is 0 Å². The number of fused-ring (bicyclic) bond motifs is 1. The van der Waals surface area contributed by atoms with Crippen molar-refractivity contribution < 1.29 is 9.21 Å². The van der Waals surface area contributed by atoms with Gasteiger partial charge in [0.25, 0.3) is 0 Å². The number of rotatable bonds is 4. The molecule has 0 aliphatic heterocycles. The van der Waals surface area contributed by atoms with Gasteiger partial charge in [-0.3, -0.25) is 4.79 Å². The number of hydrogen-bond donors (Lipinski definition) is 1. The Bertz CT molecular complexity index is 1040. The van der Waals surface area contributed by atoms with E-state index in [1.54, 1.807) is 0 Å². The zero-order valence-electron chi connectivity index (χ0n) is 14.3. The fourth-order valence-electron chi connectivity index (χ4n) is 2.85. The molecule has 1 atom stereocenters. The summed E-state index contributed by atoms with van der Waals surface area (Å²) in [7, 11) is 0. The van der Waals surface area contributed by atoms with Crippen molar-refractivity contribution in [2.24, 2.45) is 0 Å².